The predicted molar refractivity (Wildman–Crippen MR) is 94.5 cm³/mol. The summed E-state index contributed by atoms with van der Waals surface area (Å²) in [7, 11) is 0. The lowest BCUT2D eigenvalue weighted by molar-refractivity contribution is 0.643. The van der Waals surface area contributed by atoms with Crippen LogP contribution in [0.2, 0.25) is 5.02 Å². The molecule has 0 N–H and O–H groups in total. The molecule has 0 unspecified atom stereocenters. The molecule has 0 aromatic heterocycles. The normalized spacial score (nSPS) is 15.2. The number of benzene rings is 1. The van der Waals surface area contributed by atoms with E-state index in [-0.39, 0.29) is 0 Å². The van der Waals surface area contributed by atoms with Crippen LogP contribution in [0.3, 0.4) is 0 Å². The second kappa shape index (κ2) is 6.05. The fourth-order valence-corrected chi connectivity index (χ4v) is 3.12. The Morgan fingerprint density at radius 3 is 2.04 bits per heavy atom. The molecule has 0 saturated carbocycles. The Kier molecular flexibility index (Phi) is 3.75. The number of hydrogen-bond acceptors (Lipinski definition) is 4. The van der Waals surface area contributed by atoms with Crippen molar-refractivity contribution in [2.75, 3.05) is 36.0 Å². The van der Waals surface area contributed by atoms with Gasteiger partial charge >= 0.3 is 0 Å². The molecule has 2 aliphatic heterocycles. The molecule has 0 bridgehead atoms. The summed E-state index contributed by atoms with van der Waals surface area (Å²) in [5.74, 6) is 0.831. The Balaban J connectivity index is 1.50. The van der Waals surface area contributed by atoms with E-state index in [1.165, 1.54) is 5.69 Å². The molecule has 1 fully saturated rings. The van der Waals surface area contributed by atoms with Crippen molar-refractivity contribution in [1.82, 2.24) is 9.97 Å². The molecule has 4 rings (SSSR count). The van der Waals surface area contributed by atoms with E-state index in [9.17, 15) is 0 Å². The zero-order valence-corrected chi connectivity index (χ0v) is 13.4. The maximum atomic E-state index is 6.09. The summed E-state index contributed by atoms with van der Waals surface area (Å²) in [6.07, 6.45) is 0. The van der Waals surface area contributed by atoms with Gasteiger partial charge in [0.15, 0.2) is 0 Å². The van der Waals surface area contributed by atoms with Crippen LogP contribution in [0.5, 0.6) is 0 Å². The monoisotopic (exact) mass is 324 g/mol. The number of imidazole rings is 1. The summed E-state index contributed by atoms with van der Waals surface area (Å²) in [6.45, 7) is 3.71. The molecule has 3 aliphatic rings. The van der Waals surface area contributed by atoms with Crippen molar-refractivity contribution in [2.24, 2.45) is 0 Å². The number of anilines is 2. The third-order valence-corrected chi connectivity index (χ3v) is 4.40. The summed E-state index contributed by atoms with van der Waals surface area (Å²) < 4.78 is 0. The molecular weight excluding hydrogens is 308 g/mol. The third kappa shape index (κ3) is 2.94. The predicted octanol–water partition coefficient (Wildman–Crippen LogP) is 3.56. The van der Waals surface area contributed by atoms with Crippen LogP contribution < -0.4 is 9.80 Å². The van der Waals surface area contributed by atoms with E-state index >= 15 is 0 Å². The first-order chi connectivity index (χ1) is 11.3. The topological polar surface area (TPSA) is 32.3 Å². The van der Waals surface area contributed by atoms with E-state index in [0.717, 1.165) is 48.5 Å². The zero-order chi connectivity index (χ0) is 15.6. The SMILES string of the molecule is Clc1cccc(N2CCN(c3nc4cccccc-4n3)CC2)c1. The summed E-state index contributed by atoms with van der Waals surface area (Å²) in [6, 6.07) is 18.0. The van der Waals surface area contributed by atoms with Gasteiger partial charge < -0.3 is 9.80 Å². The van der Waals surface area contributed by atoms with Gasteiger partial charge in [-0.3, -0.25) is 0 Å². The van der Waals surface area contributed by atoms with Crippen LogP contribution >= 0.6 is 11.6 Å². The van der Waals surface area contributed by atoms with Gasteiger partial charge in [-0.1, -0.05) is 35.9 Å². The zero-order valence-electron chi connectivity index (χ0n) is 12.7. The lowest BCUT2D eigenvalue weighted by Crippen LogP contribution is -2.46. The summed E-state index contributed by atoms with van der Waals surface area (Å²) in [5.41, 5.74) is 3.07. The van der Waals surface area contributed by atoms with Crippen molar-refractivity contribution in [3.05, 3.63) is 59.6 Å². The Bertz CT molecular complexity index is 753. The van der Waals surface area contributed by atoms with E-state index in [1.807, 2.05) is 48.5 Å². The van der Waals surface area contributed by atoms with Crippen LogP contribution in [0.4, 0.5) is 11.6 Å². The number of aromatic nitrogens is 2. The van der Waals surface area contributed by atoms with Crippen molar-refractivity contribution in [2.45, 2.75) is 0 Å². The standard InChI is InChI=1S/C18H17ClN4/c19-14-5-4-6-15(13-14)22-9-11-23(12-10-22)18-20-16-7-2-1-3-8-17(16)21-18/h1-8,13H,9-12H2. The average Bonchev–Trinajstić information content (AvgIpc) is 2.86. The van der Waals surface area contributed by atoms with Gasteiger partial charge in [-0.05, 0) is 30.3 Å². The van der Waals surface area contributed by atoms with Gasteiger partial charge in [0, 0.05) is 36.9 Å². The average molecular weight is 325 g/mol. The number of hydrogen-bond donors (Lipinski definition) is 0. The Morgan fingerprint density at radius 1 is 0.739 bits per heavy atom. The van der Waals surface area contributed by atoms with E-state index in [2.05, 4.69) is 25.8 Å². The third-order valence-electron chi connectivity index (χ3n) is 4.17. The number of piperazine rings is 1. The second-order valence-corrected chi connectivity index (χ2v) is 6.10. The van der Waals surface area contributed by atoms with Gasteiger partial charge in [0.25, 0.3) is 0 Å². The van der Waals surface area contributed by atoms with Crippen molar-refractivity contribution in [3.63, 3.8) is 0 Å². The molecule has 116 valence electrons. The molecule has 0 spiro atoms. The summed E-state index contributed by atoms with van der Waals surface area (Å²) in [5, 5.41) is 0.781. The quantitative estimate of drug-likeness (QED) is 0.721. The number of nitrogens with zero attached hydrogens (tertiary/aromatic N) is 4. The van der Waals surface area contributed by atoms with Gasteiger partial charge in [0.1, 0.15) is 0 Å². The van der Waals surface area contributed by atoms with Gasteiger partial charge in [0.2, 0.25) is 5.95 Å². The Hall–Kier alpha value is -2.33. The Morgan fingerprint density at radius 2 is 1.39 bits per heavy atom. The smallest absolute Gasteiger partial charge is 0.226 e. The van der Waals surface area contributed by atoms with Gasteiger partial charge in [0.05, 0.1) is 11.4 Å². The van der Waals surface area contributed by atoms with Crippen molar-refractivity contribution >= 4 is 23.2 Å². The first-order valence-corrected chi connectivity index (χ1v) is 8.16. The van der Waals surface area contributed by atoms with Crippen LogP contribution in [0, 0.1) is 0 Å². The second-order valence-electron chi connectivity index (χ2n) is 5.66. The highest BCUT2D eigenvalue weighted by Gasteiger charge is 2.21. The maximum Gasteiger partial charge on any atom is 0.226 e. The molecule has 1 aromatic rings. The van der Waals surface area contributed by atoms with E-state index in [0.29, 0.717) is 0 Å². The van der Waals surface area contributed by atoms with Crippen LogP contribution in [-0.2, 0) is 0 Å². The number of fused-ring (bicyclic) bond motifs is 1. The van der Waals surface area contributed by atoms with Crippen molar-refractivity contribution in [3.8, 4) is 11.4 Å². The first-order valence-electron chi connectivity index (χ1n) is 7.78. The van der Waals surface area contributed by atoms with E-state index in [1.54, 1.807) is 0 Å². The van der Waals surface area contributed by atoms with Crippen LogP contribution in [0.15, 0.2) is 54.6 Å². The van der Waals surface area contributed by atoms with E-state index < -0.39 is 0 Å². The van der Waals surface area contributed by atoms with Crippen molar-refractivity contribution in [1.29, 1.82) is 0 Å². The van der Waals surface area contributed by atoms with Crippen LogP contribution in [0.1, 0.15) is 0 Å². The van der Waals surface area contributed by atoms with E-state index in [4.69, 9.17) is 11.6 Å². The van der Waals surface area contributed by atoms with Gasteiger partial charge in [-0.25, -0.2) is 9.97 Å². The molecule has 5 heteroatoms. The molecule has 0 radical (unpaired) electrons. The minimum Gasteiger partial charge on any atom is -0.368 e. The molecule has 1 aromatic carbocycles. The largest absolute Gasteiger partial charge is 0.368 e. The molecule has 23 heavy (non-hydrogen) atoms. The minimum atomic E-state index is 0.781. The minimum absolute atomic E-state index is 0.781. The fourth-order valence-electron chi connectivity index (χ4n) is 2.94. The molecule has 1 aliphatic carbocycles. The van der Waals surface area contributed by atoms with Crippen LogP contribution in [0.25, 0.3) is 11.4 Å². The first kappa shape index (κ1) is 14.3. The lowest BCUT2D eigenvalue weighted by Gasteiger charge is -2.35. The maximum absolute atomic E-state index is 6.09. The molecule has 1 saturated heterocycles. The lowest BCUT2D eigenvalue weighted by atomic mass is 10.2. The molecule has 4 nitrogen and oxygen atoms in total. The van der Waals surface area contributed by atoms with Crippen molar-refractivity contribution < 1.29 is 0 Å². The van der Waals surface area contributed by atoms with Gasteiger partial charge in [-0.15, -0.1) is 0 Å². The molecule has 0 atom stereocenters. The molecule has 2 heterocycles. The molecular formula is C18H17ClN4. The highest BCUT2D eigenvalue weighted by Crippen LogP contribution is 2.25. The molecule has 0 amide bonds. The fraction of sp³-hybridized carbons (Fsp3) is 0.222. The Labute approximate surface area is 140 Å². The van der Waals surface area contributed by atoms with Crippen LogP contribution in [-0.4, -0.2) is 36.1 Å². The number of halogens is 1. The highest BCUT2D eigenvalue weighted by atomic mass is 35.5. The van der Waals surface area contributed by atoms with Gasteiger partial charge in [-0.2, -0.15) is 0 Å². The number of rotatable bonds is 2. The summed E-state index contributed by atoms with van der Waals surface area (Å²) >= 11 is 6.09. The highest BCUT2D eigenvalue weighted by molar-refractivity contribution is 6.30. The summed E-state index contributed by atoms with van der Waals surface area (Å²) in [4.78, 5) is 13.9.